The number of esters is 1. The molecule has 0 saturated carbocycles. The van der Waals surface area contributed by atoms with Crippen molar-refractivity contribution in [2.24, 2.45) is 5.73 Å². The fourth-order valence-corrected chi connectivity index (χ4v) is 1.76. The lowest BCUT2D eigenvalue weighted by Gasteiger charge is -2.09. The number of para-hydroxylation sites is 1. The molecule has 0 spiro atoms. The number of benzene rings is 1. The van der Waals surface area contributed by atoms with Crippen LogP contribution in [0.1, 0.15) is 17.3 Å². The third-order valence-corrected chi connectivity index (χ3v) is 2.72. The lowest BCUT2D eigenvalue weighted by atomic mass is 10.3. The first-order valence-corrected chi connectivity index (χ1v) is 6.46. The number of rotatable bonds is 4. The molecular weight excluding hydrogens is 288 g/mol. The molecule has 1 aromatic carbocycles. The molecule has 8 nitrogen and oxygen atoms in total. The van der Waals surface area contributed by atoms with Gasteiger partial charge in [-0.3, -0.25) is 9.59 Å². The highest BCUT2D eigenvalue weighted by atomic mass is 16.5. The molecule has 2 rings (SSSR count). The van der Waals surface area contributed by atoms with E-state index in [2.05, 4.69) is 10.4 Å². The monoisotopic (exact) mass is 302 g/mol. The van der Waals surface area contributed by atoms with Gasteiger partial charge in [0.1, 0.15) is 5.56 Å². The second-order valence-corrected chi connectivity index (χ2v) is 4.19. The summed E-state index contributed by atoms with van der Waals surface area (Å²) in [5, 5.41) is 6.33. The van der Waals surface area contributed by atoms with Crippen LogP contribution in [0.2, 0.25) is 0 Å². The Labute approximate surface area is 125 Å². The van der Waals surface area contributed by atoms with Crippen molar-refractivity contribution >= 4 is 23.6 Å². The summed E-state index contributed by atoms with van der Waals surface area (Å²) in [5.41, 5.74) is 5.55. The first-order valence-electron chi connectivity index (χ1n) is 6.46. The van der Waals surface area contributed by atoms with Gasteiger partial charge in [0.15, 0.2) is 5.82 Å². The van der Waals surface area contributed by atoms with Gasteiger partial charge in [0, 0.05) is 0 Å². The van der Waals surface area contributed by atoms with Gasteiger partial charge in [-0.1, -0.05) is 18.2 Å². The predicted octanol–water partition coefficient (Wildman–Crippen LogP) is 0.473. The number of nitrogens with one attached hydrogen (secondary N) is 1. The van der Waals surface area contributed by atoms with Gasteiger partial charge in [-0.15, -0.1) is 0 Å². The van der Waals surface area contributed by atoms with E-state index in [0.29, 0.717) is 5.69 Å². The third-order valence-electron chi connectivity index (χ3n) is 2.72. The summed E-state index contributed by atoms with van der Waals surface area (Å²) < 4.78 is 6.21. The lowest BCUT2D eigenvalue weighted by Crippen LogP contribution is -2.31. The molecule has 0 saturated heterocycles. The second-order valence-electron chi connectivity index (χ2n) is 4.19. The standard InChI is InChI=1S/C14H14N4O4/c1-2-22-14(21)10-8-16-18(9-6-4-3-5-7-9)12(10)17-13(20)11(15)19/h3-8H,2H2,1H3,(H2,15,19)(H,17,20). The largest absolute Gasteiger partial charge is 0.462 e. The minimum atomic E-state index is -1.17. The van der Waals surface area contributed by atoms with Crippen molar-refractivity contribution in [3.05, 3.63) is 42.1 Å². The topological polar surface area (TPSA) is 116 Å². The van der Waals surface area contributed by atoms with Gasteiger partial charge < -0.3 is 15.8 Å². The van der Waals surface area contributed by atoms with E-state index in [1.54, 1.807) is 37.3 Å². The van der Waals surface area contributed by atoms with Crippen LogP contribution in [0.5, 0.6) is 0 Å². The smallest absolute Gasteiger partial charge is 0.343 e. The van der Waals surface area contributed by atoms with Crippen LogP contribution in [-0.2, 0) is 14.3 Å². The summed E-state index contributed by atoms with van der Waals surface area (Å²) in [5.74, 6) is -2.86. The van der Waals surface area contributed by atoms with Gasteiger partial charge in [0.05, 0.1) is 18.5 Å². The van der Waals surface area contributed by atoms with Crippen LogP contribution in [0.3, 0.4) is 0 Å². The van der Waals surface area contributed by atoms with Crippen molar-refractivity contribution in [1.29, 1.82) is 0 Å². The average Bonchev–Trinajstić information content (AvgIpc) is 2.92. The Morgan fingerprint density at radius 2 is 1.95 bits per heavy atom. The zero-order chi connectivity index (χ0) is 16.1. The van der Waals surface area contributed by atoms with Gasteiger partial charge in [0.25, 0.3) is 0 Å². The van der Waals surface area contributed by atoms with E-state index in [9.17, 15) is 14.4 Å². The van der Waals surface area contributed by atoms with Crippen molar-refractivity contribution in [1.82, 2.24) is 9.78 Å². The molecule has 2 aromatic rings. The Morgan fingerprint density at radius 1 is 1.27 bits per heavy atom. The van der Waals surface area contributed by atoms with Crippen LogP contribution in [0.15, 0.2) is 36.5 Å². The molecular formula is C14H14N4O4. The molecule has 0 aliphatic rings. The molecule has 3 N–H and O–H groups in total. The van der Waals surface area contributed by atoms with Crippen molar-refractivity contribution in [3.63, 3.8) is 0 Å². The number of ether oxygens (including phenoxy) is 1. The maximum atomic E-state index is 11.9. The number of carbonyl (C=O) groups excluding carboxylic acids is 3. The van der Waals surface area contributed by atoms with Crippen LogP contribution in [0.4, 0.5) is 5.82 Å². The van der Waals surface area contributed by atoms with E-state index >= 15 is 0 Å². The Kier molecular flexibility index (Phi) is 4.52. The first kappa shape index (κ1) is 15.2. The molecule has 0 bridgehead atoms. The molecule has 22 heavy (non-hydrogen) atoms. The molecule has 2 amide bonds. The molecule has 0 fully saturated rings. The molecule has 0 radical (unpaired) electrons. The Hall–Kier alpha value is -3.16. The number of anilines is 1. The maximum Gasteiger partial charge on any atom is 0.343 e. The van der Waals surface area contributed by atoms with Crippen molar-refractivity contribution in [2.45, 2.75) is 6.92 Å². The summed E-state index contributed by atoms with van der Waals surface area (Å²) in [4.78, 5) is 34.4. The van der Waals surface area contributed by atoms with E-state index in [1.807, 2.05) is 0 Å². The van der Waals surface area contributed by atoms with Crippen LogP contribution in [0.25, 0.3) is 5.69 Å². The highest BCUT2D eigenvalue weighted by Gasteiger charge is 2.22. The number of aromatic nitrogens is 2. The SMILES string of the molecule is CCOC(=O)c1cnn(-c2ccccc2)c1NC(=O)C(N)=O. The van der Waals surface area contributed by atoms with Crippen LogP contribution in [0, 0.1) is 0 Å². The second kappa shape index (κ2) is 6.53. The molecule has 0 atom stereocenters. The minimum absolute atomic E-state index is 0.0217. The highest BCUT2D eigenvalue weighted by molar-refractivity contribution is 6.39. The number of hydrogen-bond donors (Lipinski definition) is 2. The molecule has 0 unspecified atom stereocenters. The predicted molar refractivity (Wildman–Crippen MR) is 77.3 cm³/mol. The first-order chi connectivity index (χ1) is 10.5. The lowest BCUT2D eigenvalue weighted by molar-refractivity contribution is -0.134. The minimum Gasteiger partial charge on any atom is -0.462 e. The van der Waals surface area contributed by atoms with Crippen molar-refractivity contribution < 1.29 is 19.1 Å². The summed E-state index contributed by atoms with van der Waals surface area (Å²) in [6.45, 7) is 1.82. The number of primary amides is 1. The molecule has 114 valence electrons. The van der Waals surface area contributed by atoms with E-state index in [1.165, 1.54) is 10.9 Å². The van der Waals surface area contributed by atoms with E-state index in [4.69, 9.17) is 10.5 Å². The number of nitrogens with zero attached hydrogens (tertiary/aromatic N) is 2. The number of amides is 2. The fourth-order valence-electron chi connectivity index (χ4n) is 1.76. The van der Waals surface area contributed by atoms with Crippen molar-refractivity contribution in [2.75, 3.05) is 11.9 Å². The zero-order valence-corrected chi connectivity index (χ0v) is 11.8. The van der Waals surface area contributed by atoms with E-state index in [0.717, 1.165) is 0 Å². The van der Waals surface area contributed by atoms with E-state index < -0.39 is 17.8 Å². The van der Waals surface area contributed by atoms with Gasteiger partial charge in [-0.2, -0.15) is 5.10 Å². The molecule has 1 aromatic heterocycles. The Morgan fingerprint density at radius 3 is 2.55 bits per heavy atom. The summed E-state index contributed by atoms with van der Waals surface area (Å²) >= 11 is 0. The van der Waals surface area contributed by atoms with E-state index in [-0.39, 0.29) is 18.0 Å². The molecule has 0 aliphatic carbocycles. The number of nitrogens with two attached hydrogens (primary N) is 1. The van der Waals surface area contributed by atoms with Gasteiger partial charge >= 0.3 is 17.8 Å². The zero-order valence-electron chi connectivity index (χ0n) is 11.8. The van der Waals surface area contributed by atoms with Gasteiger partial charge in [-0.25, -0.2) is 9.48 Å². The highest BCUT2D eigenvalue weighted by Crippen LogP contribution is 2.21. The Balaban J connectivity index is 2.48. The summed E-state index contributed by atoms with van der Waals surface area (Å²) in [7, 11) is 0. The maximum absolute atomic E-state index is 11.9. The number of carbonyl (C=O) groups is 3. The average molecular weight is 302 g/mol. The quantitative estimate of drug-likeness (QED) is 0.629. The fraction of sp³-hybridized carbons (Fsp3) is 0.143. The van der Waals surface area contributed by atoms with Crippen molar-refractivity contribution in [3.8, 4) is 5.69 Å². The molecule has 1 heterocycles. The van der Waals surface area contributed by atoms with Crippen LogP contribution >= 0.6 is 0 Å². The van der Waals surface area contributed by atoms with Crippen LogP contribution < -0.4 is 11.1 Å². The molecule has 0 aliphatic heterocycles. The molecule has 8 heteroatoms. The van der Waals surface area contributed by atoms with Gasteiger partial charge in [-0.05, 0) is 19.1 Å². The Bertz CT molecular complexity index is 709. The third kappa shape index (κ3) is 3.11. The normalized spacial score (nSPS) is 10.0. The summed E-state index contributed by atoms with van der Waals surface area (Å²) in [6, 6.07) is 8.78. The number of hydrogen-bond acceptors (Lipinski definition) is 5. The van der Waals surface area contributed by atoms with Gasteiger partial charge in [0.2, 0.25) is 0 Å². The summed E-state index contributed by atoms with van der Waals surface area (Å²) in [6.07, 6.45) is 1.25. The van der Waals surface area contributed by atoms with Crippen LogP contribution in [-0.4, -0.2) is 34.2 Å².